The molecule has 4 nitrogen and oxygen atoms in total. The van der Waals surface area contributed by atoms with Crippen molar-refractivity contribution in [1.82, 2.24) is 0 Å². The van der Waals surface area contributed by atoms with Crippen molar-refractivity contribution < 1.29 is 47.6 Å². The molecule has 0 fully saturated rings. The second kappa shape index (κ2) is 19.2. The molecule has 2 atom stereocenters. The average Bonchev–Trinajstić information content (AvgIpc) is 2.54. The van der Waals surface area contributed by atoms with Crippen molar-refractivity contribution in [2.75, 3.05) is 0 Å². The normalized spacial score (nSPS) is 14.0. The van der Waals surface area contributed by atoms with E-state index < -0.39 is 15.4 Å². The predicted molar refractivity (Wildman–Crippen MR) is 105 cm³/mol. The molecular weight excluding hydrogens is 359 g/mol. The summed E-state index contributed by atoms with van der Waals surface area (Å²) in [5.41, 5.74) is 0. The Kier molecular flexibility index (Phi) is 21.5. The molecule has 0 aliphatic rings. The van der Waals surface area contributed by atoms with Crippen LogP contribution in [0.25, 0.3) is 0 Å². The largest absolute Gasteiger partial charge is 1.00 e. The first kappa shape index (κ1) is 29.1. The molecule has 0 aromatic heterocycles. The van der Waals surface area contributed by atoms with Crippen LogP contribution in [0.5, 0.6) is 0 Å². The quantitative estimate of drug-likeness (QED) is 0.218. The fourth-order valence-corrected chi connectivity index (χ4v) is 4.26. The Bertz CT molecular complexity index is 387. The van der Waals surface area contributed by atoms with Gasteiger partial charge in [-0.2, -0.15) is 0 Å². The molecule has 0 spiro atoms. The van der Waals surface area contributed by atoms with Gasteiger partial charge < -0.3 is 9.66 Å². The zero-order valence-corrected chi connectivity index (χ0v) is 20.4. The van der Waals surface area contributed by atoms with Gasteiger partial charge in [0.25, 0.3) is 0 Å². The maximum Gasteiger partial charge on any atom is 1.00 e. The zero-order chi connectivity index (χ0) is 19.0. The van der Waals surface area contributed by atoms with Crippen LogP contribution in [0.15, 0.2) is 0 Å². The van der Waals surface area contributed by atoms with E-state index in [4.69, 9.17) is 0 Å². The van der Waals surface area contributed by atoms with Gasteiger partial charge in [0.2, 0.25) is 0 Å². The Morgan fingerprint density at radius 1 is 0.692 bits per heavy atom. The van der Waals surface area contributed by atoms with E-state index in [0.29, 0.717) is 12.8 Å². The SMILES string of the molecule is CCCCCCCC(CCCCCCCCC(O)CCC)S(=O)(=O)[O-].[Na+]. The molecule has 0 aliphatic carbocycles. The van der Waals surface area contributed by atoms with Crippen LogP contribution in [0.3, 0.4) is 0 Å². The number of hydrogen-bond acceptors (Lipinski definition) is 4. The Morgan fingerprint density at radius 2 is 1.12 bits per heavy atom. The summed E-state index contributed by atoms with van der Waals surface area (Å²) in [5, 5.41) is 8.98. The van der Waals surface area contributed by atoms with Gasteiger partial charge in [0, 0.05) is 5.25 Å². The maximum atomic E-state index is 11.4. The van der Waals surface area contributed by atoms with Crippen molar-refractivity contribution in [3.05, 3.63) is 0 Å². The minimum absolute atomic E-state index is 0. The number of aliphatic hydroxyl groups excluding tert-OH is 1. The summed E-state index contributed by atoms with van der Waals surface area (Å²) < 4.78 is 34.2. The maximum absolute atomic E-state index is 11.4. The third kappa shape index (κ3) is 18.2. The molecule has 0 aromatic rings. The molecule has 0 saturated carbocycles. The van der Waals surface area contributed by atoms with Gasteiger partial charge in [-0.3, -0.25) is 0 Å². The molecule has 0 rings (SSSR count). The average molecular weight is 401 g/mol. The molecule has 0 aliphatic heterocycles. The van der Waals surface area contributed by atoms with Crippen LogP contribution in [-0.4, -0.2) is 29.4 Å². The molecule has 6 heteroatoms. The first-order valence-electron chi connectivity index (χ1n) is 10.5. The van der Waals surface area contributed by atoms with E-state index >= 15 is 0 Å². The molecule has 0 radical (unpaired) electrons. The number of hydrogen-bond donors (Lipinski definition) is 1. The summed E-state index contributed by atoms with van der Waals surface area (Å²) in [6.07, 6.45) is 15.3. The fraction of sp³-hybridized carbons (Fsp3) is 1.00. The Labute approximate surface area is 185 Å². The molecule has 2 unspecified atom stereocenters. The Hall–Kier alpha value is 0.870. The van der Waals surface area contributed by atoms with Crippen molar-refractivity contribution in [2.45, 2.75) is 128 Å². The molecule has 26 heavy (non-hydrogen) atoms. The van der Waals surface area contributed by atoms with E-state index in [-0.39, 0.29) is 35.7 Å². The van der Waals surface area contributed by atoms with Gasteiger partial charge in [0.1, 0.15) is 0 Å². The van der Waals surface area contributed by atoms with Crippen molar-refractivity contribution in [2.24, 2.45) is 0 Å². The molecular formula is C20H41NaO4S. The van der Waals surface area contributed by atoms with Gasteiger partial charge in [0.05, 0.1) is 16.2 Å². The van der Waals surface area contributed by atoms with Crippen LogP contribution in [0.2, 0.25) is 0 Å². The molecule has 0 heterocycles. The summed E-state index contributed by atoms with van der Waals surface area (Å²) in [4.78, 5) is 0. The second-order valence-electron chi connectivity index (χ2n) is 7.46. The van der Waals surface area contributed by atoms with Gasteiger partial charge in [0.15, 0.2) is 0 Å². The minimum Gasteiger partial charge on any atom is -0.748 e. The van der Waals surface area contributed by atoms with Gasteiger partial charge in [-0.25, -0.2) is 8.42 Å². The Balaban J connectivity index is 0. The van der Waals surface area contributed by atoms with E-state index in [9.17, 15) is 18.1 Å². The molecule has 0 aromatic carbocycles. The van der Waals surface area contributed by atoms with Crippen molar-refractivity contribution in [3.8, 4) is 0 Å². The smallest absolute Gasteiger partial charge is 0.748 e. The number of rotatable bonds is 18. The van der Waals surface area contributed by atoms with E-state index in [1.807, 2.05) is 0 Å². The standard InChI is InChI=1S/C20H42O4S.Na/c1-3-5-6-9-13-17-20(25(22,23)24)18-14-11-8-7-10-12-16-19(21)15-4-2;/h19-21H,3-18H2,1-2H3,(H,22,23,24);/q;+1/p-1. The fourth-order valence-electron chi connectivity index (χ4n) is 3.35. The van der Waals surface area contributed by atoms with Crippen LogP contribution in [0, 0.1) is 0 Å². The molecule has 0 bridgehead atoms. The number of aliphatic hydroxyl groups is 1. The van der Waals surface area contributed by atoms with Crippen LogP contribution in [0.4, 0.5) is 0 Å². The van der Waals surface area contributed by atoms with E-state index in [1.54, 1.807) is 0 Å². The van der Waals surface area contributed by atoms with Gasteiger partial charge in [-0.05, 0) is 25.7 Å². The van der Waals surface area contributed by atoms with E-state index in [1.165, 1.54) is 12.8 Å². The summed E-state index contributed by atoms with van der Waals surface area (Å²) >= 11 is 0. The first-order valence-corrected chi connectivity index (χ1v) is 12.0. The van der Waals surface area contributed by atoms with Crippen molar-refractivity contribution in [3.63, 3.8) is 0 Å². The van der Waals surface area contributed by atoms with Gasteiger partial charge in [-0.15, -0.1) is 0 Å². The predicted octanol–water partition coefficient (Wildman–Crippen LogP) is 2.55. The summed E-state index contributed by atoms with van der Waals surface area (Å²) in [6, 6.07) is 0. The van der Waals surface area contributed by atoms with Crippen molar-refractivity contribution in [1.29, 1.82) is 0 Å². The topological polar surface area (TPSA) is 77.4 Å². The third-order valence-corrected chi connectivity index (χ3v) is 6.26. The van der Waals surface area contributed by atoms with Gasteiger partial charge >= 0.3 is 29.6 Å². The number of unbranched alkanes of at least 4 members (excludes halogenated alkanes) is 9. The van der Waals surface area contributed by atoms with Crippen LogP contribution in [-0.2, 0) is 10.1 Å². The summed E-state index contributed by atoms with van der Waals surface area (Å²) in [5.74, 6) is 0. The van der Waals surface area contributed by atoms with Gasteiger partial charge in [-0.1, -0.05) is 90.9 Å². The summed E-state index contributed by atoms with van der Waals surface area (Å²) in [7, 11) is -4.15. The van der Waals surface area contributed by atoms with E-state index in [2.05, 4.69) is 13.8 Å². The molecule has 0 amide bonds. The molecule has 152 valence electrons. The Morgan fingerprint density at radius 3 is 1.54 bits per heavy atom. The van der Waals surface area contributed by atoms with Crippen LogP contribution in [0.1, 0.15) is 117 Å². The summed E-state index contributed by atoms with van der Waals surface area (Å²) in [6.45, 7) is 4.24. The van der Waals surface area contributed by atoms with Crippen molar-refractivity contribution >= 4 is 10.1 Å². The minimum atomic E-state index is -4.15. The first-order chi connectivity index (χ1) is 11.9. The molecule has 0 saturated heterocycles. The van der Waals surface area contributed by atoms with Crippen LogP contribution >= 0.6 is 0 Å². The van der Waals surface area contributed by atoms with Crippen LogP contribution < -0.4 is 29.6 Å². The monoisotopic (exact) mass is 400 g/mol. The van der Waals surface area contributed by atoms with E-state index in [0.717, 1.165) is 77.0 Å². The second-order valence-corrected chi connectivity index (χ2v) is 9.11. The third-order valence-electron chi connectivity index (χ3n) is 4.97. The molecule has 1 N–H and O–H groups in total. The zero-order valence-electron chi connectivity index (χ0n) is 17.5.